The highest BCUT2D eigenvalue weighted by Crippen LogP contribution is 2.19. The van der Waals surface area contributed by atoms with Crippen molar-refractivity contribution in [3.63, 3.8) is 0 Å². The molecule has 142 valence electrons. The molecule has 0 spiro atoms. The zero-order valence-electron chi connectivity index (χ0n) is 16.2. The first-order valence-corrected chi connectivity index (χ1v) is 10.4. The van der Waals surface area contributed by atoms with Crippen LogP contribution in [0.3, 0.4) is 0 Å². The van der Waals surface area contributed by atoms with Crippen molar-refractivity contribution in [2.24, 2.45) is 0 Å². The summed E-state index contributed by atoms with van der Waals surface area (Å²) >= 11 is 0. The van der Waals surface area contributed by atoms with Gasteiger partial charge in [0, 0.05) is 12.1 Å². The van der Waals surface area contributed by atoms with Crippen molar-refractivity contribution in [1.29, 1.82) is 0 Å². The summed E-state index contributed by atoms with van der Waals surface area (Å²) in [5.74, 6) is 0.225. The number of nitrogens with one attached hydrogen (secondary N) is 3. The summed E-state index contributed by atoms with van der Waals surface area (Å²) in [5, 5.41) is 3.17. The Labute approximate surface area is 158 Å². The van der Waals surface area contributed by atoms with Gasteiger partial charge in [-0.25, -0.2) is 0 Å². The zero-order valence-corrected chi connectivity index (χ0v) is 16.2. The van der Waals surface area contributed by atoms with Gasteiger partial charge < -0.3 is 15.1 Å². The van der Waals surface area contributed by atoms with Gasteiger partial charge in [0.2, 0.25) is 0 Å². The largest absolute Gasteiger partial charge is 0.351 e. The summed E-state index contributed by atoms with van der Waals surface area (Å²) in [5.41, 5.74) is 2.95. The number of allylic oxidation sites excluding steroid dienone is 1. The molecular weight excluding hydrogens is 322 g/mol. The van der Waals surface area contributed by atoms with E-state index in [2.05, 4.69) is 48.6 Å². The van der Waals surface area contributed by atoms with Gasteiger partial charge in [-0.05, 0) is 39.0 Å². The van der Waals surface area contributed by atoms with Crippen LogP contribution in [0.1, 0.15) is 44.6 Å². The lowest BCUT2D eigenvalue weighted by Gasteiger charge is -2.32. The molecule has 1 atom stereocenters. The van der Waals surface area contributed by atoms with Gasteiger partial charge in [-0.2, -0.15) is 0 Å². The average molecular weight is 358 g/mol. The number of amides is 1. The van der Waals surface area contributed by atoms with E-state index >= 15 is 0 Å². The number of hydrogen-bond donors (Lipinski definition) is 3. The lowest BCUT2D eigenvalue weighted by molar-refractivity contribution is -1.02. The Kier molecular flexibility index (Phi) is 7.27. The van der Waals surface area contributed by atoms with Crippen molar-refractivity contribution in [3.8, 4) is 0 Å². The Morgan fingerprint density at radius 1 is 1.12 bits per heavy atom. The number of rotatable bonds is 7. The lowest BCUT2D eigenvalue weighted by Crippen LogP contribution is -3.29. The Hall–Kier alpha value is -1.65. The highest BCUT2D eigenvalue weighted by Gasteiger charge is 2.30. The molecule has 3 N–H and O–H groups in total. The molecule has 1 aliphatic carbocycles. The predicted octanol–water partition coefficient (Wildman–Crippen LogP) is 0.365. The topological polar surface area (TPSA) is 38.0 Å². The zero-order chi connectivity index (χ0) is 18.2. The number of quaternary nitrogens is 2. The Morgan fingerprint density at radius 3 is 2.58 bits per heavy atom. The van der Waals surface area contributed by atoms with Gasteiger partial charge in [-0.3, -0.25) is 4.79 Å². The molecule has 0 bridgehead atoms. The van der Waals surface area contributed by atoms with E-state index in [0.29, 0.717) is 0 Å². The third-order valence-corrected chi connectivity index (χ3v) is 6.03. The summed E-state index contributed by atoms with van der Waals surface area (Å²) in [7, 11) is 0. The molecule has 0 saturated carbocycles. The first-order valence-electron chi connectivity index (χ1n) is 10.4. The van der Waals surface area contributed by atoms with E-state index in [4.69, 9.17) is 0 Å². The van der Waals surface area contributed by atoms with E-state index in [1.807, 2.05) is 0 Å². The second-order valence-corrected chi connectivity index (χ2v) is 7.94. The number of piperazine rings is 1. The SMILES string of the molecule is C[C@@H](C(=O)NCCC1=CCCCC1)[NH+]1CC[NH+](Cc2ccccc2)CC1. The molecule has 1 aliphatic heterocycles. The fourth-order valence-electron chi connectivity index (χ4n) is 4.24. The van der Waals surface area contributed by atoms with E-state index in [-0.39, 0.29) is 11.9 Å². The fraction of sp³-hybridized carbons (Fsp3) is 0.591. The normalized spacial score (nSPS) is 24.6. The third kappa shape index (κ3) is 5.68. The van der Waals surface area contributed by atoms with Crippen LogP contribution in [0, 0.1) is 0 Å². The second-order valence-electron chi connectivity index (χ2n) is 7.94. The second kappa shape index (κ2) is 9.89. The van der Waals surface area contributed by atoms with E-state index in [1.165, 1.54) is 41.7 Å². The van der Waals surface area contributed by atoms with Crippen LogP contribution in [0.2, 0.25) is 0 Å². The van der Waals surface area contributed by atoms with Crippen molar-refractivity contribution in [2.45, 2.75) is 51.6 Å². The van der Waals surface area contributed by atoms with Crippen LogP contribution >= 0.6 is 0 Å². The first-order chi connectivity index (χ1) is 12.7. The van der Waals surface area contributed by atoms with Gasteiger partial charge >= 0.3 is 0 Å². The van der Waals surface area contributed by atoms with Crippen molar-refractivity contribution in [1.82, 2.24) is 5.32 Å². The standard InChI is InChI=1S/C22H33N3O/c1-19(22(26)23-13-12-20-8-4-2-5-9-20)25-16-14-24(15-17-25)18-21-10-6-3-7-11-21/h3,6-8,10-11,19H,2,4-5,9,12-18H2,1H3,(H,23,26)/p+2/t19-/m0/s1. The molecule has 0 unspecified atom stereocenters. The molecule has 26 heavy (non-hydrogen) atoms. The summed E-state index contributed by atoms with van der Waals surface area (Å²) in [4.78, 5) is 15.6. The number of benzene rings is 1. The van der Waals surface area contributed by atoms with E-state index < -0.39 is 0 Å². The molecule has 0 radical (unpaired) electrons. The van der Waals surface area contributed by atoms with Gasteiger partial charge in [0.25, 0.3) is 5.91 Å². The quantitative estimate of drug-likeness (QED) is 0.606. The smallest absolute Gasteiger partial charge is 0.278 e. The highest BCUT2D eigenvalue weighted by molar-refractivity contribution is 5.79. The minimum absolute atomic E-state index is 0.0635. The lowest BCUT2D eigenvalue weighted by atomic mass is 9.97. The Bertz CT molecular complexity index is 591. The number of hydrogen-bond acceptors (Lipinski definition) is 1. The van der Waals surface area contributed by atoms with Gasteiger partial charge in [0.05, 0.1) is 0 Å². The number of carbonyl (C=O) groups excluding carboxylic acids is 1. The van der Waals surface area contributed by atoms with Gasteiger partial charge in [0.1, 0.15) is 32.7 Å². The highest BCUT2D eigenvalue weighted by atomic mass is 16.2. The van der Waals surface area contributed by atoms with Crippen LogP contribution in [0.5, 0.6) is 0 Å². The van der Waals surface area contributed by atoms with Crippen molar-refractivity contribution >= 4 is 5.91 Å². The van der Waals surface area contributed by atoms with Crippen molar-refractivity contribution < 1.29 is 14.6 Å². The fourth-order valence-corrected chi connectivity index (χ4v) is 4.24. The average Bonchev–Trinajstić information content (AvgIpc) is 2.69. The molecule has 1 amide bonds. The molecule has 4 nitrogen and oxygen atoms in total. The van der Waals surface area contributed by atoms with Gasteiger partial charge in [-0.15, -0.1) is 0 Å². The summed E-state index contributed by atoms with van der Waals surface area (Å²) in [6, 6.07) is 10.8. The van der Waals surface area contributed by atoms with Crippen LogP contribution in [0.15, 0.2) is 42.0 Å². The summed E-state index contributed by atoms with van der Waals surface area (Å²) < 4.78 is 0. The summed E-state index contributed by atoms with van der Waals surface area (Å²) in [6.07, 6.45) is 8.49. The monoisotopic (exact) mass is 357 g/mol. The molecule has 1 saturated heterocycles. The molecule has 1 aromatic carbocycles. The molecule has 2 aliphatic rings. The predicted molar refractivity (Wildman–Crippen MR) is 105 cm³/mol. The molecule has 4 heteroatoms. The Morgan fingerprint density at radius 2 is 1.88 bits per heavy atom. The van der Waals surface area contributed by atoms with Crippen molar-refractivity contribution in [2.75, 3.05) is 32.7 Å². The molecule has 1 fully saturated rings. The van der Waals surface area contributed by atoms with E-state index in [9.17, 15) is 4.79 Å². The molecule has 1 heterocycles. The maximum Gasteiger partial charge on any atom is 0.278 e. The van der Waals surface area contributed by atoms with E-state index in [1.54, 1.807) is 4.90 Å². The molecule has 3 rings (SSSR count). The van der Waals surface area contributed by atoms with Gasteiger partial charge in [-0.1, -0.05) is 42.0 Å². The van der Waals surface area contributed by atoms with Crippen LogP contribution in [0.4, 0.5) is 0 Å². The summed E-state index contributed by atoms with van der Waals surface area (Å²) in [6.45, 7) is 8.46. The van der Waals surface area contributed by atoms with Crippen LogP contribution in [-0.4, -0.2) is 44.7 Å². The number of carbonyl (C=O) groups is 1. The minimum atomic E-state index is 0.0635. The van der Waals surface area contributed by atoms with E-state index in [0.717, 1.165) is 45.7 Å². The van der Waals surface area contributed by atoms with Gasteiger partial charge in [0.15, 0.2) is 6.04 Å². The Balaban J connectivity index is 1.36. The molecule has 1 aromatic rings. The minimum Gasteiger partial charge on any atom is -0.351 e. The maximum absolute atomic E-state index is 12.5. The van der Waals surface area contributed by atoms with Crippen LogP contribution in [0.25, 0.3) is 0 Å². The van der Waals surface area contributed by atoms with Crippen LogP contribution in [-0.2, 0) is 11.3 Å². The maximum atomic E-state index is 12.5. The third-order valence-electron chi connectivity index (χ3n) is 6.03. The van der Waals surface area contributed by atoms with Crippen LogP contribution < -0.4 is 15.1 Å². The van der Waals surface area contributed by atoms with Crippen molar-refractivity contribution in [3.05, 3.63) is 47.5 Å². The molecular formula is C22H35N3O+2. The molecule has 0 aromatic heterocycles. The first kappa shape index (κ1) is 19.1.